The number of hydrogen-bond acceptors (Lipinski definition) is 7. The van der Waals surface area contributed by atoms with Crippen LogP contribution in [0.3, 0.4) is 0 Å². The Morgan fingerprint density at radius 1 is 1.35 bits per heavy atom. The summed E-state index contributed by atoms with van der Waals surface area (Å²) in [4.78, 5) is 13.1. The molecule has 2 aromatic heterocycles. The summed E-state index contributed by atoms with van der Waals surface area (Å²) >= 11 is 0. The Hall–Kier alpha value is -2.19. The molecule has 0 bridgehead atoms. The standard InChI is InChI=1S/C15H20N6O2/c16-15-19-13(18-9-2-3-9)12-14(20-15)21(7-17-12)10-4-1-8(5-10)11(23)6-22/h1,4,7-11,22-23H,2-3,5-6H2,(H3,16,18,19,20)/t8-,10+,11-/m0/s1. The Balaban J connectivity index is 1.66. The Morgan fingerprint density at radius 3 is 2.91 bits per heavy atom. The van der Waals surface area contributed by atoms with Crippen LogP contribution in [-0.2, 0) is 0 Å². The van der Waals surface area contributed by atoms with Crippen LogP contribution in [0.5, 0.6) is 0 Å². The summed E-state index contributed by atoms with van der Waals surface area (Å²) in [6.45, 7) is -0.239. The van der Waals surface area contributed by atoms with Crippen molar-refractivity contribution in [3.8, 4) is 0 Å². The zero-order chi connectivity index (χ0) is 16.0. The lowest BCUT2D eigenvalue weighted by Crippen LogP contribution is -2.22. The van der Waals surface area contributed by atoms with E-state index in [0.29, 0.717) is 29.4 Å². The first kappa shape index (κ1) is 14.4. The van der Waals surface area contributed by atoms with E-state index in [0.717, 1.165) is 12.8 Å². The van der Waals surface area contributed by atoms with E-state index in [1.807, 2.05) is 16.7 Å². The minimum atomic E-state index is -0.738. The Bertz CT molecular complexity index is 754. The number of fused-ring (bicyclic) bond motifs is 1. The zero-order valence-corrected chi connectivity index (χ0v) is 12.6. The number of nitrogens with zero attached hydrogens (tertiary/aromatic N) is 4. The topological polar surface area (TPSA) is 122 Å². The molecule has 1 saturated carbocycles. The van der Waals surface area contributed by atoms with Crippen molar-refractivity contribution in [1.29, 1.82) is 0 Å². The van der Waals surface area contributed by atoms with Gasteiger partial charge in [0, 0.05) is 12.0 Å². The molecule has 8 nitrogen and oxygen atoms in total. The maximum absolute atomic E-state index is 9.80. The first-order chi connectivity index (χ1) is 11.2. The van der Waals surface area contributed by atoms with Crippen LogP contribution in [0.1, 0.15) is 25.3 Å². The minimum Gasteiger partial charge on any atom is -0.394 e. The molecule has 2 aliphatic rings. The van der Waals surface area contributed by atoms with Crippen molar-refractivity contribution in [2.45, 2.75) is 37.5 Å². The van der Waals surface area contributed by atoms with Crippen LogP contribution in [0.4, 0.5) is 11.8 Å². The van der Waals surface area contributed by atoms with Crippen molar-refractivity contribution in [2.75, 3.05) is 17.7 Å². The lowest BCUT2D eigenvalue weighted by atomic mass is 10.0. The number of nitrogens with one attached hydrogen (secondary N) is 1. The molecule has 2 aliphatic carbocycles. The molecule has 0 unspecified atom stereocenters. The van der Waals surface area contributed by atoms with Gasteiger partial charge in [-0.3, -0.25) is 0 Å². The normalized spacial score (nSPS) is 25.1. The fourth-order valence-electron chi connectivity index (χ4n) is 3.03. The van der Waals surface area contributed by atoms with Crippen LogP contribution in [0.25, 0.3) is 11.2 Å². The number of nitrogen functional groups attached to an aromatic ring is 1. The number of hydrogen-bond donors (Lipinski definition) is 4. The number of aliphatic hydroxyl groups excluding tert-OH is 2. The van der Waals surface area contributed by atoms with E-state index in [1.54, 1.807) is 6.33 Å². The second-order valence-electron chi connectivity index (χ2n) is 6.27. The number of anilines is 2. The number of allylic oxidation sites excluding steroid dienone is 1. The van der Waals surface area contributed by atoms with Crippen LogP contribution in [-0.4, -0.2) is 48.5 Å². The average molecular weight is 316 g/mol. The number of imidazole rings is 1. The van der Waals surface area contributed by atoms with Gasteiger partial charge in [0.2, 0.25) is 5.95 Å². The minimum absolute atomic E-state index is 0.0364. The Kier molecular flexibility index (Phi) is 3.42. The summed E-state index contributed by atoms with van der Waals surface area (Å²) in [6.07, 6.45) is 7.92. The van der Waals surface area contributed by atoms with Gasteiger partial charge in [0.25, 0.3) is 0 Å². The average Bonchev–Trinajstić information content (AvgIpc) is 3.06. The third-order valence-corrected chi connectivity index (χ3v) is 4.49. The summed E-state index contributed by atoms with van der Waals surface area (Å²) in [5.74, 6) is 0.838. The molecule has 0 aliphatic heterocycles. The summed E-state index contributed by atoms with van der Waals surface area (Å²) in [5, 5.41) is 22.2. The van der Waals surface area contributed by atoms with Gasteiger partial charge in [-0.05, 0) is 19.3 Å². The molecule has 4 rings (SSSR count). The van der Waals surface area contributed by atoms with Crippen LogP contribution < -0.4 is 11.1 Å². The third-order valence-electron chi connectivity index (χ3n) is 4.49. The summed E-state index contributed by atoms with van der Waals surface area (Å²) in [5.41, 5.74) is 7.25. The van der Waals surface area contributed by atoms with Gasteiger partial charge in [-0.2, -0.15) is 9.97 Å². The van der Waals surface area contributed by atoms with Gasteiger partial charge in [-0.25, -0.2) is 4.98 Å². The summed E-state index contributed by atoms with van der Waals surface area (Å²) in [7, 11) is 0. The molecule has 122 valence electrons. The smallest absolute Gasteiger partial charge is 0.224 e. The van der Waals surface area contributed by atoms with Gasteiger partial charge >= 0.3 is 0 Å². The fraction of sp³-hybridized carbons (Fsp3) is 0.533. The lowest BCUT2D eigenvalue weighted by Gasteiger charge is -2.17. The molecule has 0 aromatic carbocycles. The molecule has 0 spiro atoms. The maximum atomic E-state index is 9.80. The highest BCUT2D eigenvalue weighted by atomic mass is 16.3. The molecule has 1 fully saturated rings. The van der Waals surface area contributed by atoms with Gasteiger partial charge in [-0.1, -0.05) is 12.2 Å². The Labute approximate surface area is 133 Å². The maximum Gasteiger partial charge on any atom is 0.224 e. The first-order valence-corrected chi connectivity index (χ1v) is 7.89. The van der Waals surface area contributed by atoms with Crippen molar-refractivity contribution in [3.05, 3.63) is 18.5 Å². The van der Waals surface area contributed by atoms with Gasteiger partial charge < -0.3 is 25.8 Å². The molecular weight excluding hydrogens is 296 g/mol. The lowest BCUT2D eigenvalue weighted by molar-refractivity contribution is 0.0605. The highest BCUT2D eigenvalue weighted by Gasteiger charge is 2.28. The SMILES string of the molecule is Nc1nc(NC2CC2)c2ncn([C@@H]3C=C[C@H]([C@@H](O)CO)C3)c2n1. The van der Waals surface area contributed by atoms with Crippen molar-refractivity contribution in [3.63, 3.8) is 0 Å². The van der Waals surface area contributed by atoms with Crippen LogP contribution >= 0.6 is 0 Å². The van der Waals surface area contributed by atoms with E-state index < -0.39 is 6.10 Å². The molecule has 2 aromatic rings. The van der Waals surface area contributed by atoms with Crippen molar-refractivity contribution in [1.82, 2.24) is 19.5 Å². The van der Waals surface area contributed by atoms with Gasteiger partial charge in [-0.15, -0.1) is 0 Å². The Morgan fingerprint density at radius 2 is 2.17 bits per heavy atom. The predicted molar refractivity (Wildman–Crippen MR) is 85.8 cm³/mol. The highest BCUT2D eigenvalue weighted by Crippen LogP contribution is 2.34. The van der Waals surface area contributed by atoms with Crippen LogP contribution in [0.2, 0.25) is 0 Å². The van der Waals surface area contributed by atoms with Crippen molar-refractivity contribution >= 4 is 22.9 Å². The molecule has 23 heavy (non-hydrogen) atoms. The van der Waals surface area contributed by atoms with E-state index in [1.165, 1.54) is 0 Å². The molecule has 8 heteroatoms. The monoisotopic (exact) mass is 316 g/mol. The van der Waals surface area contributed by atoms with Crippen LogP contribution in [0, 0.1) is 5.92 Å². The third kappa shape index (κ3) is 2.64. The van der Waals surface area contributed by atoms with Gasteiger partial charge in [0.05, 0.1) is 25.1 Å². The highest BCUT2D eigenvalue weighted by molar-refractivity contribution is 5.84. The van der Waals surface area contributed by atoms with Crippen LogP contribution in [0.15, 0.2) is 18.5 Å². The predicted octanol–water partition coefficient (Wildman–Crippen LogP) is 0.453. The molecule has 0 radical (unpaired) electrons. The number of aromatic nitrogens is 4. The van der Waals surface area contributed by atoms with E-state index in [4.69, 9.17) is 10.8 Å². The van der Waals surface area contributed by atoms with E-state index in [9.17, 15) is 5.11 Å². The van der Waals surface area contributed by atoms with Gasteiger partial charge in [0.1, 0.15) is 0 Å². The molecule has 3 atom stereocenters. The second kappa shape index (κ2) is 5.47. The molecule has 0 amide bonds. The van der Waals surface area contributed by atoms with E-state index >= 15 is 0 Å². The molecule has 0 saturated heterocycles. The summed E-state index contributed by atoms with van der Waals surface area (Å²) in [6, 6.07) is 0.488. The molecular formula is C15H20N6O2. The van der Waals surface area contributed by atoms with Gasteiger partial charge in [0.15, 0.2) is 17.0 Å². The fourth-order valence-corrected chi connectivity index (χ4v) is 3.03. The van der Waals surface area contributed by atoms with Crippen molar-refractivity contribution in [2.24, 2.45) is 5.92 Å². The van der Waals surface area contributed by atoms with E-state index in [2.05, 4.69) is 20.3 Å². The number of rotatable bonds is 5. The molecule has 5 N–H and O–H groups in total. The first-order valence-electron chi connectivity index (χ1n) is 7.89. The summed E-state index contributed by atoms with van der Waals surface area (Å²) < 4.78 is 1.95. The number of nitrogens with two attached hydrogens (primary N) is 1. The quantitative estimate of drug-likeness (QED) is 0.591. The van der Waals surface area contributed by atoms with E-state index in [-0.39, 0.29) is 24.5 Å². The molecule has 2 heterocycles. The second-order valence-corrected chi connectivity index (χ2v) is 6.27. The largest absolute Gasteiger partial charge is 0.394 e. The van der Waals surface area contributed by atoms with Crippen molar-refractivity contribution < 1.29 is 10.2 Å². The number of aliphatic hydroxyl groups is 2. The zero-order valence-electron chi connectivity index (χ0n) is 12.6.